The summed E-state index contributed by atoms with van der Waals surface area (Å²) in [5, 5.41) is 2.89. The minimum Gasteiger partial charge on any atom is -0.336 e. The molecule has 1 aliphatic carbocycles. The Bertz CT molecular complexity index is 793. The van der Waals surface area contributed by atoms with Gasteiger partial charge in [-0.2, -0.15) is 0 Å². The lowest BCUT2D eigenvalue weighted by molar-refractivity contribution is 0.218. The van der Waals surface area contributed by atoms with Crippen molar-refractivity contribution >= 4 is 15.9 Å². The number of sulfone groups is 1. The summed E-state index contributed by atoms with van der Waals surface area (Å²) >= 11 is 0. The first kappa shape index (κ1) is 20.1. The topological polar surface area (TPSA) is 87.3 Å². The minimum absolute atomic E-state index is 0.00745. The first-order valence-electron chi connectivity index (χ1n) is 9.50. The second-order valence-electron chi connectivity index (χ2n) is 8.19. The molecule has 8 heteroatoms. The van der Waals surface area contributed by atoms with E-state index in [1.165, 1.54) is 6.07 Å². The van der Waals surface area contributed by atoms with Crippen LogP contribution in [0, 0.1) is 5.82 Å². The molecule has 1 saturated carbocycles. The highest BCUT2D eigenvalue weighted by molar-refractivity contribution is 7.91. The molecule has 1 heterocycles. The van der Waals surface area contributed by atoms with Gasteiger partial charge in [0.2, 0.25) is 0 Å². The molecule has 6 nitrogen and oxygen atoms in total. The van der Waals surface area contributed by atoms with Crippen molar-refractivity contribution in [2.24, 2.45) is 0 Å². The number of benzene rings is 1. The number of rotatable bonds is 5. The van der Waals surface area contributed by atoms with Gasteiger partial charge in [-0.3, -0.25) is 5.43 Å². The number of carbonyl (C=O) groups excluding carboxylic acids is 1. The van der Waals surface area contributed by atoms with Crippen LogP contribution in [0.1, 0.15) is 51.0 Å². The number of carbonyl (C=O) groups is 1. The Labute approximate surface area is 160 Å². The zero-order valence-electron chi connectivity index (χ0n) is 15.7. The van der Waals surface area contributed by atoms with Gasteiger partial charge in [0.1, 0.15) is 5.82 Å². The third-order valence-corrected chi connectivity index (χ3v) is 7.72. The predicted octanol–water partition coefficient (Wildman–Crippen LogP) is 2.41. The van der Waals surface area contributed by atoms with Gasteiger partial charge >= 0.3 is 6.03 Å². The zero-order valence-corrected chi connectivity index (χ0v) is 16.5. The van der Waals surface area contributed by atoms with E-state index in [-0.39, 0.29) is 22.7 Å². The van der Waals surface area contributed by atoms with Gasteiger partial charge in [0, 0.05) is 17.5 Å². The van der Waals surface area contributed by atoms with Crippen LogP contribution in [-0.2, 0) is 15.3 Å². The molecule has 150 valence electrons. The molecule has 1 aromatic rings. The van der Waals surface area contributed by atoms with Gasteiger partial charge in [-0.15, -0.1) is 0 Å². The van der Waals surface area contributed by atoms with Crippen molar-refractivity contribution in [2.45, 2.75) is 56.4 Å². The van der Waals surface area contributed by atoms with Crippen molar-refractivity contribution in [3.05, 3.63) is 35.6 Å². The lowest BCUT2D eigenvalue weighted by Crippen LogP contribution is -2.57. The molecule has 3 rings (SSSR count). The SMILES string of the molecule is CC1(NNC(=O)NCC2(c3cccc(F)c3)CCCCC2)CCS(=O)(=O)C1. The Balaban J connectivity index is 1.60. The number of halogens is 1. The molecule has 0 aromatic heterocycles. The number of hydrogen-bond acceptors (Lipinski definition) is 4. The molecule has 27 heavy (non-hydrogen) atoms. The number of nitrogens with one attached hydrogen (secondary N) is 3. The molecule has 2 amide bonds. The van der Waals surface area contributed by atoms with Crippen molar-refractivity contribution < 1.29 is 17.6 Å². The van der Waals surface area contributed by atoms with Crippen LogP contribution in [0.15, 0.2) is 24.3 Å². The van der Waals surface area contributed by atoms with Crippen LogP contribution in [0.25, 0.3) is 0 Å². The van der Waals surface area contributed by atoms with E-state index in [1.807, 2.05) is 6.07 Å². The molecule has 2 fully saturated rings. The van der Waals surface area contributed by atoms with E-state index >= 15 is 0 Å². The third-order valence-electron chi connectivity index (χ3n) is 5.82. The van der Waals surface area contributed by atoms with Crippen molar-refractivity contribution in [2.75, 3.05) is 18.1 Å². The second-order valence-corrected chi connectivity index (χ2v) is 10.4. The van der Waals surface area contributed by atoms with Crippen LogP contribution >= 0.6 is 0 Å². The molecule has 0 spiro atoms. The highest BCUT2D eigenvalue weighted by atomic mass is 32.2. The first-order chi connectivity index (χ1) is 12.7. The van der Waals surface area contributed by atoms with E-state index in [9.17, 15) is 17.6 Å². The van der Waals surface area contributed by atoms with Crippen LogP contribution in [-0.4, -0.2) is 38.0 Å². The lowest BCUT2D eigenvalue weighted by Gasteiger charge is -2.38. The van der Waals surface area contributed by atoms with Gasteiger partial charge in [-0.25, -0.2) is 23.0 Å². The minimum atomic E-state index is -3.05. The summed E-state index contributed by atoms with van der Waals surface area (Å²) in [6.07, 6.45) is 5.52. The van der Waals surface area contributed by atoms with Crippen LogP contribution in [0.3, 0.4) is 0 Å². The first-order valence-corrected chi connectivity index (χ1v) is 11.3. The van der Waals surface area contributed by atoms with Gasteiger partial charge in [0.05, 0.1) is 11.5 Å². The molecule has 1 aliphatic heterocycles. The standard InChI is InChI=1S/C19H28FN3O3S/c1-18(10-11-27(25,26)14-18)23-22-17(24)21-13-19(8-3-2-4-9-19)15-6-5-7-16(20)12-15/h5-7,12,23H,2-4,8-11,13-14H2,1H3,(H2,21,22,24). The van der Waals surface area contributed by atoms with Gasteiger partial charge in [-0.05, 0) is 43.9 Å². The fraction of sp³-hybridized carbons (Fsp3) is 0.632. The van der Waals surface area contributed by atoms with E-state index in [0.717, 1.165) is 37.7 Å². The average molecular weight is 398 g/mol. The summed E-state index contributed by atoms with van der Waals surface area (Å²) in [4.78, 5) is 12.3. The third kappa shape index (κ3) is 4.99. The maximum Gasteiger partial charge on any atom is 0.329 e. The molecular formula is C19H28FN3O3S. The van der Waals surface area contributed by atoms with Crippen LogP contribution in [0.4, 0.5) is 9.18 Å². The Hall–Kier alpha value is -1.67. The van der Waals surface area contributed by atoms with Gasteiger partial charge < -0.3 is 5.32 Å². The summed E-state index contributed by atoms with van der Waals surface area (Å²) in [6.45, 7) is 2.20. The summed E-state index contributed by atoms with van der Waals surface area (Å²) in [5.74, 6) is -0.130. The summed E-state index contributed by atoms with van der Waals surface area (Å²) < 4.78 is 37.0. The maximum absolute atomic E-state index is 13.7. The molecule has 1 saturated heterocycles. The maximum atomic E-state index is 13.7. The van der Waals surface area contributed by atoms with Gasteiger partial charge in [0.15, 0.2) is 9.84 Å². The Morgan fingerprint density at radius 2 is 1.93 bits per heavy atom. The normalized spacial score (nSPS) is 26.4. The summed E-state index contributed by atoms with van der Waals surface area (Å²) in [7, 11) is -3.05. The van der Waals surface area contributed by atoms with E-state index in [2.05, 4.69) is 16.2 Å². The smallest absolute Gasteiger partial charge is 0.329 e. The van der Waals surface area contributed by atoms with Crippen LogP contribution in [0.2, 0.25) is 0 Å². The summed E-state index contributed by atoms with van der Waals surface area (Å²) in [6, 6.07) is 6.23. The average Bonchev–Trinajstić information content (AvgIpc) is 2.93. The molecule has 1 unspecified atom stereocenters. The van der Waals surface area contributed by atoms with Gasteiger partial charge in [-0.1, -0.05) is 31.4 Å². The van der Waals surface area contributed by atoms with Crippen molar-refractivity contribution in [1.82, 2.24) is 16.2 Å². The Morgan fingerprint density at radius 3 is 2.56 bits per heavy atom. The second kappa shape index (κ2) is 7.75. The zero-order chi connectivity index (χ0) is 19.5. The number of urea groups is 1. The fourth-order valence-corrected chi connectivity index (χ4v) is 6.32. The molecule has 0 radical (unpaired) electrons. The Morgan fingerprint density at radius 1 is 1.19 bits per heavy atom. The predicted molar refractivity (Wildman–Crippen MR) is 103 cm³/mol. The molecule has 2 aliphatic rings. The van der Waals surface area contributed by atoms with E-state index in [4.69, 9.17) is 0 Å². The largest absolute Gasteiger partial charge is 0.336 e. The van der Waals surface area contributed by atoms with E-state index in [0.29, 0.717) is 13.0 Å². The van der Waals surface area contributed by atoms with Crippen LogP contribution < -0.4 is 16.2 Å². The number of hydrazine groups is 1. The number of amides is 2. The van der Waals surface area contributed by atoms with Crippen molar-refractivity contribution in [1.29, 1.82) is 0 Å². The van der Waals surface area contributed by atoms with E-state index in [1.54, 1.807) is 19.1 Å². The molecule has 1 atom stereocenters. The molecule has 3 N–H and O–H groups in total. The number of hydrogen-bond donors (Lipinski definition) is 3. The van der Waals surface area contributed by atoms with Gasteiger partial charge in [0.25, 0.3) is 0 Å². The monoisotopic (exact) mass is 397 g/mol. The molecular weight excluding hydrogens is 369 g/mol. The van der Waals surface area contributed by atoms with E-state index < -0.39 is 21.4 Å². The lowest BCUT2D eigenvalue weighted by atomic mass is 9.69. The quantitative estimate of drug-likeness (QED) is 0.666. The van der Waals surface area contributed by atoms with Crippen LogP contribution in [0.5, 0.6) is 0 Å². The molecule has 1 aromatic carbocycles. The van der Waals surface area contributed by atoms with Crippen molar-refractivity contribution in [3.63, 3.8) is 0 Å². The highest BCUT2D eigenvalue weighted by Gasteiger charge is 2.39. The fourth-order valence-electron chi connectivity index (χ4n) is 4.22. The van der Waals surface area contributed by atoms with Crippen molar-refractivity contribution in [3.8, 4) is 0 Å². The Kier molecular flexibility index (Phi) is 5.76. The molecule has 0 bridgehead atoms. The highest BCUT2D eigenvalue weighted by Crippen LogP contribution is 2.39. The summed E-state index contributed by atoms with van der Waals surface area (Å²) in [5.41, 5.74) is 5.45.